The van der Waals surface area contributed by atoms with Gasteiger partial charge in [-0.2, -0.15) is 13.2 Å². The smallest absolute Gasteiger partial charge is 0.390 e. The highest BCUT2D eigenvalue weighted by atomic mass is 32.2. The van der Waals surface area contributed by atoms with E-state index in [-0.39, 0.29) is 11.9 Å². The Morgan fingerprint density at radius 3 is 2.53 bits per heavy atom. The van der Waals surface area contributed by atoms with Gasteiger partial charge >= 0.3 is 6.18 Å². The van der Waals surface area contributed by atoms with Crippen molar-refractivity contribution in [2.45, 2.75) is 42.5 Å². The molecular formula is C26H25F3N4O2S. The monoisotopic (exact) mass is 514 g/mol. The average Bonchev–Trinajstić information content (AvgIpc) is 2.86. The van der Waals surface area contributed by atoms with Crippen LogP contribution in [0.25, 0.3) is 11.1 Å². The second kappa shape index (κ2) is 10.1. The predicted octanol–water partition coefficient (Wildman–Crippen LogP) is 5.21. The van der Waals surface area contributed by atoms with Gasteiger partial charge in [-0.05, 0) is 77.9 Å². The van der Waals surface area contributed by atoms with Crippen molar-refractivity contribution >= 4 is 29.4 Å². The van der Waals surface area contributed by atoms with E-state index in [1.165, 1.54) is 6.07 Å². The van der Waals surface area contributed by atoms with E-state index in [9.17, 15) is 23.1 Å². The van der Waals surface area contributed by atoms with Gasteiger partial charge in [-0.25, -0.2) is 9.29 Å². The molecule has 2 aliphatic rings. The van der Waals surface area contributed by atoms with Crippen LogP contribution in [0.15, 0.2) is 65.7 Å². The highest BCUT2D eigenvalue weighted by Crippen LogP contribution is 2.33. The zero-order chi connectivity index (χ0) is 25.3. The average molecular weight is 515 g/mol. The number of anilines is 2. The number of halogens is 3. The number of carbonyl (C=O) groups excluding carboxylic acids is 1. The number of aromatic nitrogens is 1. The number of aryl methyl sites for hydroxylation is 1. The number of carbonyl (C=O) groups is 1. The summed E-state index contributed by atoms with van der Waals surface area (Å²) >= 11 is 1.57. The maximum Gasteiger partial charge on any atom is 0.417 e. The topological polar surface area (TPSA) is 77.5 Å². The second-order valence-corrected chi connectivity index (χ2v) is 10.1. The fourth-order valence-corrected chi connectivity index (χ4v) is 5.39. The Morgan fingerprint density at radius 1 is 1.06 bits per heavy atom. The predicted molar refractivity (Wildman–Crippen MR) is 134 cm³/mol. The number of β-amino-alcohol motifs (C(OH)–C–C–N with tert-alkyl or cyclic N) is 1. The molecule has 0 spiro atoms. The van der Waals surface area contributed by atoms with E-state index in [4.69, 9.17) is 0 Å². The largest absolute Gasteiger partial charge is 0.417 e. The second-order valence-electron chi connectivity index (χ2n) is 8.96. The minimum absolute atomic E-state index is 0.0535. The van der Waals surface area contributed by atoms with Gasteiger partial charge in [0.1, 0.15) is 5.82 Å². The lowest BCUT2D eigenvalue weighted by Gasteiger charge is -2.35. The van der Waals surface area contributed by atoms with E-state index < -0.39 is 17.8 Å². The molecular weight excluding hydrogens is 489 g/mol. The van der Waals surface area contributed by atoms with E-state index >= 15 is 0 Å². The zero-order valence-electron chi connectivity index (χ0n) is 19.3. The Kier molecular flexibility index (Phi) is 6.92. The SMILES string of the molecule is O=C1CCc2cc(-c3ccc(SN4CCC(Nc5ccc(C(F)(F)F)cn5)C(O)C4)cc3)ccc2N1. The maximum atomic E-state index is 12.7. The van der Waals surface area contributed by atoms with Crippen LogP contribution in [0.2, 0.25) is 0 Å². The molecule has 188 valence electrons. The summed E-state index contributed by atoms with van der Waals surface area (Å²) in [5, 5.41) is 16.6. The van der Waals surface area contributed by atoms with Gasteiger partial charge in [-0.1, -0.05) is 18.2 Å². The van der Waals surface area contributed by atoms with Crippen LogP contribution in [0.4, 0.5) is 24.7 Å². The third-order valence-corrected chi connectivity index (χ3v) is 7.46. The lowest BCUT2D eigenvalue weighted by atomic mass is 9.97. The number of hydrogen-bond donors (Lipinski definition) is 3. The molecule has 1 aromatic heterocycles. The number of amides is 1. The number of pyridine rings is 1. The fraction of sp³-hybridized carbons (Fsp3) is 0.308. The van der Waals surface area contributed by atoms with E-state index in [2.05, 4.69) is 38.1 Å². The first-order chi connectivity index (χ1) is 17.2. The summed E-state index contributed by atoms with van der Waals surface area (Å²) in [4.78, 5) is 16.5. The number of fused-ring (bicyclic) bond motifs is 1. The molecule has 3 N–H and O–H groups in total. The lowest BCUT2D eigenvalue weighted by molar-refractivity contribution is -0.137. The van der Waals surface area contributed by atoms with Crippen molar-refractivity contribution in [1.82, 2.24) is 9.29 Å². The molecule has 2 unspecified atom stereocenters. The highest BCUT2D eigenvalue weighted by Gasteiger charge is 2.32. The van der Waals surface area contributed by atoms with E-state index in [0.29, 0.717) is 31.7 Å². The maximum absolute atomic E-state index is 12.7. The molecule has 5 rings (SSSR count). The number of aliphatic hydroxyl groups is 1. The van der Waals surface area contributed by atoms with Gasteiger partial charge in [0.2, 0.25) is 5.91 Å². The number of nitrogens with one attached hydrogen (secondary N) is 2. The molecule has 3 aromatic rings. The van der Waals surface area contributed by atoms with Crippen LogP contribution < -0.4 is 10.6 Å². The molecule has 2 aromatic carbocycles. The van der Waals surface area contributed by atoms with Crippen molar-refractivity contribution in [3.8, 4) is 11.1 Å². The Balaban J connectivity index is 1.16. The third-order valence-electron chi connectivity index (χ3n) is 6.39. The number of hydrogen-bond acceptors (Lipinski definition) is 6. The molecule has 10 heteroatoms. The number of rotatable bonds is 5. The number of alkyl halides is 3. The first kappa shape index (κ1) is 24.6. The normalized spacial score (nSPS) is 20.5. The third kappa shape index (κ3) is 5.66. The summed E-state index contributed by atoms with van der Waals surface area (Å²) < 4.78 is 40.3. The molecule has 0 aliphatic carbocycles. The molecule has 2 atom stereocenters. The molecule has 1 saturated heterocycles. The van der Waals surface area contributed by atoms with E-state index in [1.54, 1.807) is 11.9 Å². The minimum atomic E-state index is -4.43. The van der Waals surface area contributed by atoms with Gasteiger partial charge in [0.25, 0.3) is 0 Å². The van der Waals surface area contributed by atoms with Crippen LogP contribution in [0.5, 0.6) is 0 Å². The number of piperidine rings is 1. The van der Waals surface area contributed by atoms with Gasteiger partial charge in [-0.3, -0.25) is 4.79 Å². The van der Waals surface area contributed by atoms with Gasteiger partial charge in [0.05, 0.1) is 17.7 Å². The van der Waals surface area contributed by atoms with Gasteiger partial charge in [0, 0.05) is 36.3 Å². The van der Waals surface area contributed by atoms with Crippen LogP contribution in [0.1, 0.15) is 24.0 Å². The Bertz CT molecular complexity index is 1240. The highest BCUT2D eigenvalue weighted by molar-refractivity contribution is 7.97. The van der Waals surface area contributed by atoms with Gasteiger partial charge in [0.15, 0.2) is 0 Å². The standard InChI is InChI=1S/C26H25F3N4O2S/c27-26(28,29)19-5-9-24(30-14-19)31-22-11-12-33(15-23(22)34)36-20-6-1-16(2-7-20)17-3-8-21-18(13-17)4-10-25(35)32-21/h1-3,5-9,13-14,22-23,34H,4,10-12,15H2,(H,30,31)(H,32,35). The molecule has 6 nitrogen and oxygen atoms in total. The van der Waals surface area contributed by atoms with Gasteiger partial charge in [-0.15, -0.1) is 0 Å². The molecule has 2 aliphatic heterocycles. The molecule has 1 fully saturated rings. The van der Waals surface area contributed by atoms with E-state index in [0.717, 1.165) is 46.0 Å². The number of benzene rings is 2. The van der Waals surface area contributed by atoms with Crippen LogP contribution in [-0.2, 0) is 17.4 Å². The summed E-state index contributed by atoms with van der Waals surface area (Å²) in [5.74, 6) is 0.367. The van der Waals surface area contributed by atoms with Crippen LogP contribution in [0.3, 0.4) is 0 Å². The van der Waals surface area contributed by atoms with Crippen molar-refractivity contribution in [3.05, 3.63) is 71.9 Å². The van der Waals surface area contributed by atoms with Gasteiger partial charge < -0.3 is 15.7 Å². The summed E-state index contributed by atoms with van der Waals surface area (Å²) in [6, 6.07) is 16.3. The number of nitrogens with zero attached hydrogens (tertiary/aromatic N) is 2. The summed E-state index contributed by atoms with van der Waals surface area (Å²) in [5.41, 5.74) is 3.41. The Labute approximate surface area is 211 Å². The van der Waals surface area contributed by atoms with Crippen LogP contribution in [0, 0.1) is 0 Å². The first-order valence-corrected chi connectivity index (χ1v) is 12.5. The van der Waals surface area contributed by atoms with Crippen molar-refractivity contribution < 1.29 is 23.1 Å². The van der Waals surface area contributed by atoms with E-state index in [1.807, 2.05) is 24.3 Å². The van der Waals surface area contributed by atoms with Crippen molar-refractivity contribution in [2.24, 2.45) is 0 Å². The number of aliphatic hydroxyl groups excluding tert-OH is 1. The molecule has 0 saturated carbocycles. The fourth-order valence-electron chi connectivity index (χ4n) is 4.41. The zero-order valence-corrected chi connectivity index (χ0v) is 20.1. The van der Waals surface area contributed by atoms with Crippen LogP contribution in [-0.4, -0.2) is 45.5 Å². The molecule has 0 bridgehead atoms. The summed E-state index contributed by atoms with van der Waals surface area (Å²) in [6.07, 6.45) is -2.45. The molecule has 0 radical (unpaired) electrons. The van der Waals surface area contributed by atoms with Crippen LogP contribution >= 0.6 is 11.9 Å². The van der Waals surface area contributed by atoms with Crippen molar-refractivity contribution in [1.29, 1.82) is 0 Å². The Morgan fingerprint density at radius 2 is 1.83 bits per heavy atom. The quantitative estimate of drug-likeness (QED) is 0.406. The molecule has 3 heterocycles. The Hall–Kier alpha value is -3.08. The minimum Gasteiger partial charge on any atom is -0.390 e. The molecule has 1 amide bonds. The summed E-state index contributed by atoms with van der Waals surface area (Å²) in [7, 11) is 0. The first-order valence-electron chi connectivity index (χ1n) is 11.7. The van der Waals surface area contributed by atoms with Crippen molar-refractivity contribution in [2.75, 3.05) is 23.7 Å². The summed E-state index contributed by atoms with van der Waals surface area (Å²) in [6.45, 7) is 1.12. The molecule has 36 heavy (non-hydrogen) atoms. The van der Waals surface area contributed by atoms with Crippen molar-refractivity contribution in [3.63, 3.8) is 0 Å². The lowest BCUT2D eigenvalue weighted by Crippen LogP contribution is -2.47.